The van der Waals surface area contributed by atoms with Crippen LogP contribution < -0.4 is 5.32 Å². The number of carbonyl (C=O) groups excluding carboxylic acids is 1. The van der Waals surface area contributed by atoms with Gasteiger partial charge < -0.3 is 5.32 Å². The molecule has 0 amide bonds. The van der Waals surface area contributed by atoms with Gasteiger partial charge in [0.2, 0.25) is 0 Å². The van der Waals surface area contributed by atoms with E-state index in [9.17, 15) is 4.79 Å². The van der Waals surface area contributed by atoms with Gasteiger partial charge in [0.1, 0.15) is 6.04 Å². The van der Waals surface area contributed by atoms with E-state index >= 15 is 0 Å². The van der Waals surface area contributed by atoms with Crippen LogP contribution in [0.1, 0.15) is 12.8 Å². The number of rotatable bonds is 1. The maximum atomic E-state index is 10.5. The van der Waals surface area contributed by atoms with Gasteiger partial charge in [-0.2, -0.15) is 5.26 Å². The molecule has 1 saturated heterocycles. The molecule has 1 aliphatic heterocycles. The summed E-state index contributed by atoms with van der Waals surface area (Å²) in [4.78, 5) is 14.0. The Balaban J connectivity index is 2.32. The average Bonchev–Trinajstić information content (AvgIpc) is 2.37. The third-order valence-electron chi connectivity index (χ3n) is 1.43. The molecule has 2 N–H and O–H groups in total. The van der Waals surface area contributed by atoms with E-state index in [1.807, 2.05) is 0 Å². The second kappa shape index (κ2) is 2.80. The molecule has 0 saturated carbocycles. The van der Waals surface area contributed by atoms with Gasteiger partial charge in [-0.3, -0.25) is 4.89 Å². The zero-order chi connectivity index (χ0) is 6.69. The summed E-state index contributed by atoms with van der Waals surface area (Å²) in [6.45, 7) is 0.833. The Hall–Kier alpha value is -0.610. The minimum absolute atomic E-state index is 0.282. The molecule has 0 bridgehead atoms. The van der Waals surface area contributed by atoms with Crippen molar-refractivity contribution in [1.82, 2.24) is 5.32 Å². The minimum Gasteiger partial charge on any atom is -0.304 e. The van der Waals surface area contributed by atoms with E-state index in [4.69, 9.17) is 5.26 Å². The van der Waals surface area contributed by atoms with Crippen LogP contribution >= 0.6 is 0 Å². The lowest BCUT2D eigenvalue weighted by atomic mass is 10.2. The van der Waals surface area contributed by atoms with Gasteiger partial charge in [-0.05, 0) is 19.4 Å². The lowest BCUT2D eigenvalue weighted by Gasteiger charge is -2.02. The normalized spacial score (nSPS) is 26.1. The van der Waals surface area contributed by atoms with E-state index in [-0.39, 0.29) is 6.04 Å². The molecular weight excluding hydrogens is 122 g/mol. The molecule has 0 aromatic carbocycles. The molecule has 0 spiro atoms. The highest BCUT2D eigenvalue weighted by molar-refractivity contribution is 5.75. The maximum absolute atomic E-state index is 10.5. The summed E-state index contributed by atoms with van der Waals surface area (Å²) in [5.74, 6) is -0.576. The summed E-state index contributed by atoms with van der Waals surface area (Å²) in [6.07, 6.45) is 1.74. The van der Waals surface area contributed by atoms with Gasteiger partial charge in [0.15, 0.2) is 0 Å². The Morgan fingerprint density at radius 2 is 2.56 bits per heavy atom. The summed E-state index contributed by atoms with van der Waals surface area (Å²) in [5, 5.41) is 10.8. The van der Waals surface area contributed by atoms with E-state index in [1.165, 1.54) is 0 Å². The molecule has 4 nitrogen and oxygen atoms in total. The van der Waals surface area contributed by atoms with Crippen molar-refractivity contribution in [3.8, 4) is 0 Å². The van der Waals surface area contributed by atoms with Crippen LogP contribution in [0.15, 0.2) is 0 Å². The Labute approximate surface area is 52.7 Å². The molecule has 52 valence electrons. The van der Waals surface area contributed by atoms with Crippen LogP contribution in [0.2, 0.25) is 0 Å². The SMILES string of the molecule is O=C(OO)[C@H]1CCCN1. The molecular formula is C5H9NO3. The van der Waals surface area contributed by atoms with Crippen LogP contribution in [-0.2, 0) is 9.68 Å². The van der Waals surface area contributed by atoms with Crippen molar-refractivity contribution in [2.24, 2.45) is 0 Å². The summed E-state index contributed by atoms with van der Waals surface area (Å²) < 4.78 is 0. The predicted octanol–water partition coefficient (Wildman–Crippen LogP) is -0.245. The van der Waals surface area contributed by atoms with Crippen molar-refractivity contribution in [2.75, 3.05) is 6.54 Å². The Morgan fingerprint density at radius 1 is 1.78 bits per heavy atom. The summed E-state index contributed by atoms with van der Waals surface area (Å²) in [5.41, 5.74) is 0. The number of carbonyl (C=O) groups is 1. The number of hydrogen-bond acceptors (Lipinski definition) is 4. The monoisotopic (exact) mass is 131 g/mol. The molecule has 1 heterocycles. The molecule has 1 aliphatic rings. The molecule has 1 fully saturated rings. The first-order valence-corrected chi connectivity index (χ1v) is 2.93. The third kappa shape index (κ3) is 1.40. The zero-order valence-electron chi connectivity index (χ0n) is 4.96. The molecule has 1 atom stereocenters. The van der Waals surface area contributed by atoms with Crippen molar-refractivity contribution in [1.29, 1.82) is 0 Å². The Kier molecular flexibility index (Phi) is 2.02. The van der Waals surface area contributed by atoms with E-state index < -0.39 is 5.97 Å². The number of hydrogen-bond donors (Lipinski definition) is 2. The first-order valence-electron chi connectivity index (χ1n) is 2.93. The zero-order valence-corrected chi connectivity index (χ0v) is 4.96. The highest BCUT2D eigenvalue weighted by Crippen LogP contribution is 2.05. The summed E-state index contributed by atoms with van der Waals surface area (Å²) in [6, 6.07) is -0.282. The first kappa shape index (κ1) is 6.51. The predicted molar refractivity (Wildman–Crippen MR) is 29.7 cm³/mol. The quantitative estimate of drug-likeness (QED) is 0.380. The standard InChI is InChI=1S/C5H9NO3/c7-5(9-8)4-2-1-3-6-4/h4,6,8H,1-3H2/t4-/m1/s1. The van der Waals surface area contributed by atoms with Crippen LogP contribution in [0, 0.1) is 0 Å². The van der Waals surface area contributed by atoms with E-state index in [0.717, 1.165) is 19.4 Å². The maximum Gasteiger partial charge on any atom is 0.358 e. The minimum atomic E-state index is -0.576. The van der Waals surface area contributed by atoms with Crippen molar-refractivity contribution < 1.29 is 14.9 Å². The molecule has 0 unspecified atom stereocenters. The Bertz CT molecular complexity index is 109. The Morgan fingerprint density at radius 3 is 3.00 bits per heavy atom. The van der Waals surface area contributed by atoms with Crippen LogP contribution in [-0.4, -0.2) is 23.8 Å². The third-order valence-corrected chi connectivity index (χ3v) is 1.43. The van der Waals surface area contributed by atoms with Crippen molar-refractivity contribution >= 4 is 5.97 Å². The van der Waals surface area contributed by atoms with Gasteiger partial charge in [-0.1, -0.05) is 0 Å². The molecule has 0 radical (unpaired) electrons. The van der Waals surface area contributed by atoms with E-state index in [1.54, 1.807) is 0 Å². The van der Waals surface area contributed by atoms with Gasteiger partial charge in [0.05, 0.1) is 0 Å². The van der Waals surface area contributed by atoms with Gasteiger partial charge in [0, 0.05) is 0 Å². The molecule has 0 aliphatic carbocycles. The van der Waals surface area contributed by atoms with Gasteiger partial charge in [-0.25, -0.2) is 4.79 Å². The van der Waals surface area contributed by atoms with E-state index in [0.29, 0.717) is 0 Å². The fourth-order valence-electron chi connectivity index (χ4n) is 0.949. The van der Waals surface area contributed by atoms with E-state index in [2.05, 4.69) is 10.2 Å². The second-order valence-corrected chi connectivity index (χ2v) is 2.06. The largest absolute Gasteiger partial charge is 0.358 e. The van der Waals surface area contributed by atoms with Crippen LogP contribution in [0.3, 0.4) is 0 Å². The van der Waals surface area contributed by atoms with Crippen LogP contribution in [0.4, 0.5) is 0 Å². The van der Waals surface area contributed by atoms with Gasteiger partial charge in [0.25, 0.3) is 0 Å². The molecule has 0 aromatic heterocycles. The molecule has 1 rings (SSSR count). The highest BCUT2D eigenvalue weighted by atomic mass is 17.1. The van der Waals surface area contributed by atoms with Gasteiger partial charge in [-0.15, -0.1) is 0 Å². The number of nitrogens with one attached hydrogen (secondary N) is 1. The summed E-state index contributed by atoms with van der Waals surface area (Å²) in [7, 11) is 0. The molecule has 0 aromatic rings. The fraction of sp³-hybridized carbons (Fsp3) is 0.800. The van der Waals surface area contributed by atoms with Crippen LogP contribution in [0.25, 0.3) is 0 Å². The van der Waals surface area contributed by atoms with Crippen molar-refractivity contribution in [3.05, 3.63) is 0 Å². The lowest BCUT2D eigenvalue weighted by molar-refractivity contribution is -0.236. The molecule has 9 heavy (non-hydrogen) atoms. The fourth-order valence-corrected chi connectivity index (χ4v) is 0.949. The lowest BCUT2D eigenvalue weighted by Crippen LogP contribution is -2.31. The van der Waals surface area contributed by atoms with Crippen molar-refractivity contribution in [2.45, 2.75) is 18.9 Å². The van der Waals surface area contributed by atoms with Crippen molar-refractivity contribution in [3.63, 3.8) is 0 Å². The van der Waals surface area contributed by atoms with Crippen LogP contribution in [0.5, 0.6) is 0 Å². The van der Waals surface area contributed by atoms with Gasteiger partial charge >= 0.3 is 5.97 Å². The second-order valence-electron chi connectivity index (χ2n) is 2.06. The molecule has 4 heteroatoms. The highest BCUT2D eigenvalue weighted by Gasteiger charge is 2.23. The average molecular weight is 131 g/mol. The topological polar surface area (TPSA) is 58.6 Å². The summed E-state index contributed by atoms with van der Waals surface area (Å²) >= 11 is 0. The smallest absolute Gasteiger partial charge is 0.304 e. The first-order chi connectivity index (χ1) is 4.34.